The van der Waals surface area contributed by atoms with Gasteiger partial charge in [-0.3, -0.25) is 0 Å². The summed E-state index contributed by atoms with van der Waals surface area (Å²) in [6.45, 7) is 1.36. The van der Waals surface area contributed by atoms with Crippen molar-refractivity contribution in [3.8, 4) is 0 Å². The van der Waals surface area contributed by atoms with Gasteiger partial charge < -0.3 is 4.48 Å². The topological polar surface area (TPSA) is 0 Å². The van der Waals surface area contributed by atoms with Gasteiger partial charge in [-0.1, -0.05) is 6.08 Å². The Morgan fingerprint density at radius 2 is 2.11 bits per heavy atom. The van der Waals surface area contributed by atoms with Gasteiger partial charge in [-0.15, -0.1) is 0 Å². The molecule has 2 unspecified atom stereocenters. The molecule has 50 valence electrons. The largest absolute Gasteiger partial charge is 0.322 e. The molecule has 1 saturated heterocycles. The van der Waals surface area contributed by atoms with Crippen molar-refractivity contribution in [1.29, 1.82) is 0 Å². The second-order valence-electron chi connectivity index (χ2n) is 3.91. The van der Waals surface area contributed by atoms with Gasteiger partial charge in [0.2, 0.25) is 0 Å². The van der Waals surface area contributed by atoms with Crippen LogP contribution in [0.1, 0.15) is 6.42 Å². The van der Waals surface area contributed by atoms with E-state index < -0.39 is 0 Å². The molecule has 0 radical (unpaired) electrons. The van der Waals surface area contributed by atoms with Crippen LogP contribution in [-0.2, 0) is 0 Å². The highest BCUT2D eigenvalue weighted by Gasteiger charge is 2.41. The molecule has 9 heavy (non-hydrogen) atoms. The zero-order valence-electron chi connectivity index (χ0n) is 6.17. The standard InChI is InChI=1S/C8H14N/c1-9(2)6-7-3-4-8(9)5-7/h3-4,7-8H,5-6H2,1-2H3/q+1. The first-order valence-electron chi connectivity index (χ1n) is 3.69. The van der Waals surface area contributed by atoms with Crippen molar-refractivity contribution < 1.29 is 4.48 Å². The van der Waals surface area contributed by atoms with Crippen molar-refractivity contribution in [3.63, 3.8) is 0 Å². The molecule has 1 heterocycles. The van der Waals surface area contributed by atoms with Gasteiger partial charge in [-0.2, -0.15) is 0 Å². The van der Waals surface area contributed by atoms with Gasteiger partial charge >= 0.3 is 0 Å². The predicted octanol–water partition coefficient (Wildman–Crippen LogP) is 1.02. The highest BCUT2D eigenvalue weighted by Crippen LogP contribution is 2.34. The second-order valence-corrected chi connectivity index (χ2v) is 3.91. The zero-order valence-corrected chi connectivity index (χ0v) is 6.17. The molecule has 1 nitrogen and oxygen atoms in total. The van der Waals surface area contributed by atoms with Gasteiger partial charge in [0.15, 0.2) is 0 Å². The summed E-state index contributed by atoms with van der Waals surface area (Å²) < 4.78 is 1.22. The lowest BCUT2D eigenvalue weighted by Gasteiger charge is -2.31. The van der Waals surface area contributed by atoms with Crippen molar-refractivity contribution in [2.45, 2.75) is 12.5 Å². The van der Waals surface area contributed by atoms with E-state index in [0.717, 1.165) is 12.0 Å². The highest BCUT2D eigenvalue weighted by molar-refractivity contribution is 5.07. The molecule has 2 atom stereocenters. The van der Waals surface area contributed by atoms with Crippen molar-refractivity contribution >= 4 is 0 Å². The fraction of sp³-hybridized carbons (Fsp3) is 0.750. The van der Waals surface area contributed by atoms with E-state index >= 15 is 0 Å². The van der Waals surface area contributed by atoms with E-state index in [-0.39, 0.29) is 0 Å². The van der Waals surface area contributed by atoms with Gasteiger partial charge in [-0.05, 0) is 6.08 Å². The Bertz CT molecular complexity index is 158. The van der Waals surface area contributed by atoms with Crippen LogP contribution in [0.4, 0.5) is 0 Å². The third kappa shape index (κ3) is 0.645. The lowest BCUT2D eigenvalue weighted by Crippen LogP contribution is -2.44. The van der Waals surface area contributed by atoms with Crippen LogP contribution in [-0.4, -0.2) is 31.2 Å². The minimum atomic E-state index is 0.843. The van der Waals surface area contributed by atoms with Gasteiger partial charge in [-0.25, -0.2) is 0 Å². The number of likely N-dealkylation sites (N-methyl/N-ethyl adjacent to an activating group) is 1. The van der Waals surface area contributed by atoms with E-state index in [4.69, 9.17) is 0 Å². The third-order valence-corrected chi connectivity index (χ3v) is 2.75. The van der Waals surface area contributed by atoms with Crippen molar-refractivity contribution in [2.75, 3.05) is 20.6 Å². The zero-order chi connectivity index (χ0) is 6.48. The maximum absolute atomic E-state index is 2.38. The fourth-order valence-corrected chi connectivity index (χ4v) is 2.15. The summed E-state index contributed by atoms with van der Waals surface area (Å²) in [4.78, 5) is 0. The van der Waals surface area contributed by atoms with Crippen LogP contribution in [0.3, 0.4) is 0 Å². The normalized spacial score (nSPS) is 44.2. The molecule has 2 aliphatic rings. The fourth-order valence-electron chi connectivity index (χ4n) is 2.15. The number of fused-ring (bicyclic) bond motifs is 2. The first-order valence-corrected chi connectivity index (χ1v) is 3.69. The van der Waals surface area contributed by atoms with E-state index in [1.807, 2.05) is 0 Å². The Labute approximate surface area is 56.6 Å². The maximum atomic E-state index is 2.38. The van der Waals surface area contributed by atoms with Gasteiger partial charge in [0.1, 0.15) is 6.04 Å². The van der Waals surface area contributed by atoms with Gasteiger partial charge in [0.05, 0.1) is 20.6 Å². The van der Waals surface area contributed by atoms with Crippen molar-refractivity contribution in [3.05, 3.63) is 12.2 Å². The van der Waals surface area contributed by atoms with Crippen LogP contribution in [0.15, 0.2) is 12.2 Å². The number of nitrogens with zero attached hydrogens (tertiary/aromatic N) is 1. The molecule has 0 aromatic rings. The summed E-state index contributed by atoms with van der Waals surface area (Å²) in [7, 11) is 4.66. The SMILES string of the molecule is C[N+]1(C)CC2C=CC1C2. The van der Waals surface area contributed by atoms with Crippen LogP contribution in [0.2, 0.25) is 0 Å². The molecular weight excluding hydrogens is 110 g/mol. The lowest BCUT2D eigenvalue weighted by molar-refractivity contribution is -0.897. The summed E-state index contributed by atoms with van der Waals surface area (Å²) in [5, 5.41) is 0. The smallest absolute Gasteiger partial charge is 0.108 e. The van der Waals surface area contributed by atoms with Crippen molar-refractivity contribution in [1.82, 2.24) is 0 Å². The molecule has 0 aromatic heterocycles. The monoisotopic (exact) mass is 124 g/mol. The summed E-state index contributed by atoms with van der Waals surface area (Å²) in [5.41, 5.74) is 0. The first-order chi connectivity index (χ1) is 4.18. The number of quaternary nitrogens is 1. The quantitative estimate of drug-likeness (QED) is 0.334. The average molecular weight is 124 g/mol. The Morgan fingerprint density at radius 3 is 2.33 bits per heavy atom. The maximum Gasteiger partial charge on any atom is 0.108 e. The summed E-state index contributed by atoms with van der Waals surface area (Å²) >= 11 is 0. The number of hydrogen-bond donors (Lipinski definition) is 0. The molecule has 0 N–H and O–H groups in total. The second kappa shape index (κ2) is 1.40. The molecule has 0 saturated carbocycles. The molecule has 2 bridgehead atoms. The van der Waals surface area contributed by atoms with Gasteiger partial charge in [0.25, 0.3) is 0 Å². The van der Waals surface area contributed by atoms with Crippen LogP contribution < -0.4 is 0 Å². The Balaban J connectivity index is 2.29. The summed E-state index contributed by atoms with van der Waals surface area (Å²) in [5.74, 6) is 0.907. The van der Waals surface area contributed by atoms with E-state index in [0.29, 0.717) is 0 Å². The molecule has 2 rings (SSSR count). The number of hydrogen-bond acceptors (Lipinski definition) is 0. The molecule has 0 spiro atoms. The minimum Gasteiger partial charge on any atom is -0.322 e. The molecular formula is C8H14N+. The van der Waals surface area contributed by atoms with Crippen molar-refractivity contribution in [2.24, 2.45) is 5.92 Å². The Morgan fingerprint density at radius 1 is 1.33 bits per heavy atom. The molecule has 1 fully saturated rings. The number of likely N-dealkylation sites (tertiary alicyclic amines) is 1. The van der Waals surface area contributed by atoms with E-state index in [2.05, 4.69) is 26.2 Å². The Kier molecular flexibility index (Phi) is 0.854. The summed E-state index contributed by atoms with van der Waals surface area (Å²) in [6.07, 6.45) is 6.18. The molecule has 1 aliphatic heterocycles. The van der Waals surface area contributed by atoms with Crippen LogP contribution in [0.25, 0.3) is 0 Å². The average Bonchev–Trinajstić information content (AvgIpc) is 2.19. The van der Waals surface area contributed by atoms with Gasteiger partial charge in [0, 0.05) is 12.3 Å². The molecule has 0 aromatic carbocycles. The van der Waals surface area contributed by atoms with Crippen LogP contribution in [0.5, 0.6) is 0 Å². The predicted molar refractivity (Wildman–Crippen MR) is 38.0 cm³/mol. The highest BCUT2D eigenvalue weighted by atomic mass is 15.4. The third-order valence-electron chi connectivity index (χ3n) is 2.75. The number of rotatable bonds is 0. The molecule has 1 heteroatoms. The first kappa shape index (κ1) is 5.48. The molecule has 0 amide bonds. The lowest BCUT2D eigenvalue weighted by atomic mass is 10.2. The van der Waals surface area contributed by atoms with E-state index in [1.165, 1.54) is 17.4 Å². The Hall–Kier alpha value is -0.300. The summed E-state index contributed by atoms with van der Waals surface area (Å²) in [6, 6.07) is 0.843. The van der Waals surface area contributed by atoms with Crippen LogP contribution >= 0.6 is 0 Å². The van der Waals surface area contributed by atoms with E-state index in [9.17, 15) is 0 Å². The molecule has 1 aliphatic carbocycles. The minimum absolute atomic E-state index is 0.843. The van der Waals surface area contributed by atoms with Crippen LogP contribution in [0, 0.1) is 5.92 Å². The van der Waals surface area contributed by atoms with E-state index in [1.54, 1.807) is 0 Å².